The first kappa shape index (κ1) is 18.1. The van der Waals surface area contributed by atoms with E-state index < -0.39 is 22.8 Å². The van der Waals surface area contributed by atoms with Crippen molar-refractivity contribution in [2.24, 2.45) is 5.73 Å². The van der Waals surface area contributed by atoms with Gasteiger partial charge < -0.3 is 20.6 Å². The standard InChI is InChI=1S/C12H18N6O5/c1-8-15-7-10(18(21)22)17(8)5-6-23-11(20)4-2-3-9(19)16-12(13)14/h7H,2-6H2,1H3,(H4,13,14,16,19). The molecule has 11 heteroatoms. The minimum Gasteiger partial charge on any atom is -0.461 e. The maximum absolute atomic E-state index is 11.5. The highest BCUT2D eigenvalue weighted by molar-refractivity contribution is 5.94. The fraction of sp³-hybridized carbons (Fsp3) is 0.500. The molecular formula is C12H18N6O5. The first-order chi connectivity index (χ1) is 10.8. The molecule has 0 saturated heterocycles. The van der Waals surface area contributed by atoms with Crippen molar-refractivity contribution in [3.8, 4) is 0 Å². The number of nitrogens with two attached hydrogens (primary N) is 1. The minimum absolute atomic E-state index is 0.0241. The first-order valence-corrected chi connectivity index (χ1v) is 6.77. The molecule has 1 aromatic rings. The Labute approximate surface area is 131 Å². The summed E-state index contributed by atoms with van der Waals surface area (Å²) in [5.41, 5.74) is 4.99. The number of nitro groups is 1. The lowest BCUT2D eigenvalue weighted by atomic mass is 10.2. The Morgan fingerprint density at radius 3 is 2.83 bits per heavy atom. The molecule has 0 aliphatic rings. The summed E-state index contributed by atoms with van der Waals surface area (Å²) in [6.07, 6.45) is 1.46. The van der Waals surface area contributed by atoms with Gasteiger partial charge in [0.25, 0.3) is 0 Å². The van der Waals surface area contributed by atoms with Gasteiger partial charge in [-0.1, -0.05) is 0 Å². The highest BCUT2D eigenvalue weighted by Gasteiger charge is 2.17. The second-order valence-corrected chi connectivity index (χ2v) is 4.61. The van der Waals surface area contributed by atoms with E-state index in [0.717, 1.165) is 6.20 Å². The number of rotatable bonds is 8. The van der Waals surface area contributed by atoms with Crippen molar-refractivity contribution in [2.75, 3.05) is 6.61 Å². The molecule has 0 spiro atoms. The van der Waals surface area contributed by atoms with Gasteiger partial charge in [0.05, 0.1) is 0 Å². The Bertz CT molecular complexity index is 611. The predicted octanol–water partition coefficient (Wildman–Crippen LogP) is -0.177. The molecular weight excluding hydrogens is 308 g/mol. The van der Waals surface area contributed by atoms with Crippen LogP contribution in [0.2, 0.25) is 0 Å². The Balaban J connectivity index is 2.30. The summed E-state index contributed by atoms with van der Waals surface area (Å²) in [5.74, 6) is -1.13. The molecule has 4 N–H and O–H groups in total. The third kappa shape index (κ3) is 6.11. The van der Waals surface area contributed by atoms with Crippen LogP contribution in [0.25, 0.3) is 0 Å². The summed E-state index contributed by atoms with van der Waals surface area (Å²) < 4.78 is 6.30. The average molecular weight is 326 g/mol. The highest BCUT2D eigenvalue weighted by Crippen LogP contribution is 2.13. The lowest BCUT2D eigenvalue weighted by molar-refractivity contribution is -0.392. The SMILES string of the molecule is Cc1ncc([N+](=O)[O-])n1CCOC(=O)CCCC(=O)NC(=N)N. The summed E-state index contributed by atoms with van der Waals surface area (Å²) >= 11 is 0. The summed E-state index contributed by atoms with van der Waals surface area (Å²) in [6, 6.07) is 0. The van der Waals surface area contributed by atoms with Crippen LogP contribution in [0, 0.1) is 22.4 Å². The monoisotopic (exact) mass is 326 g/mol. The summed E-state index contributed by atoms with van der Waals surface area (Å²) in [5, 5.41) is 19.8. The van der Waals surface area contributed by atoms with E-state index in [4.69, 9.17) is 15.9 Å². The van der Waals surface area contributed by atoms with Crippen molar-refractivity contribution in [3.63, 3.8) is 0 Å². The molecule has 11 nitrogen and oxygen atoms in total. The number of amides is 1. The molecule has 1 heterocycles. The molecule has 23 heavy (non-hydrogen) atoms. The van der Waals surface area contributed by atoms with Gasteiger partial charge >= 0.3 is 11.8 Å². The van der Waals surface area contributed by atoms with E-state index in [-0.39, 0.29) is 38.2 Å². The quantitative estimate of drug-likeness (QED) is 0.196. The van der Waals surface area contributed by atoms with Gasteiger partial charge in [-0.05, 0) is 11.3 Å². The smallest absolute Gasteiger partial charge is 0.342 e. The molecule has 0 bridgehead atoms. The molecule has 0 fully saturated rings. The van der Waals surface area contributed by atoms with Gasteiger partial charge in [-0.3, -0.25) is 20.3 Å². The van der Waals surface area contributed by atoms with Crippen LogP contribution in [0.5, 0.6) is 0 Å². The number of nitrogens with zero attached hydrogens (tertiary/aromatic N) is 3. The number of hydrogen-bond donors (Lipinski definition) is 3. The third-order valence-corrected chi connectivity index (χ3v) is 2.86. The number of guanidine groups is 1. The van der Waals surface area contributed by atoms with Crippen LogP contribution >= 0.6 is 0 Å². The van der Waals surface area contributed by atoms with Gasteiger partial charge in [0.15, 0.2) is 11.8 Å². The minimum atomic E-state index is -0.560. The van der Waals surface area contributed by atoms with Crippen LogP contribution in [-0.2, 0) is 20.9 Å². The maximum Gasteiger partial charge on any atom is 0.342 e. The van der Waals surface area contributed by atoms with E-state index in [1.165, 1.54) is 4.57 Å². The number of aromatic nitrogens is 2. The largest absolute Gasteiger partial charge is 0.461 e. The zero-order chi connectivity index (χ0) is 17.4. The van der Waals surface area contributed by atoms with Crippen LogP contribution in [-0.4, -0.2) is 38.9 Å². The Kier molecular flexibility index (Phi) is 6.65. The number of carbonyl (C=O) groups excluding carboxylic acids is 2. The van der Waals surface area contributed by atoms with Gasteiger partial charge in [0.2, 0.25) is 5.91 Å². The Hall–Kier alpha value is -2.98. The van der Waals surface area contributed by atoms with Crippen LogP contribution in [0.3, 0.4) is 0 Å². The molecule has 0 aliphatic carbocycles. The van der Waals surface area contributed by atoms with Crippen molar-refractivity contribution in [1.29, 1.82) is 5.41 Å². The summed E-state index contributed by atoms with van der Waals surface area (Å²) in [7, 11) is 0. The van der Waals surface area contributed by atoms with E-state index in [0.29, 0.717) is 5.82 Å². The van der Waals surface area contributed by atoms with Crippen LogP contribution in [0.15, 0.2) is 6.20 Å². The number of ether oxygens (including phenoxy) is 1. The second-order valence-electron chi connectivity index (χ2n) is 4.61. The van der Waals surface area contributed by atoms with E-state index in [2.05, 4.69) is 10.3 Å². The number of carbonyl (C=O) groups is 2. The van der Waals surface area contributed by atoms with Crippen molar-refractivity contribution >= 4 is 23.7 Å². The third-order valence-electron chi connectivity index (χ3n) is 2.86. The lowest BCUT2D eigenvalue weighted by Crippen LogP contribution is -2.35. The Morgan fingerprint density at radius 1 is 1.52 bits per heavy atom. The van der Waals surface area contributed by atoms with E-state index in [9.17, 15) is 19.7 Å². The summed E-state index contributed by atoms with van der Waals surface area (Å²) in [6.45, 7) is 1.71. The molecule has 0 atom stereocenters. The van der Waals surface area contributed by atoms with Gasteiger partial charge in [-0.2, -0.15) is 0 Å². The van der Waals surface area contributed by atoms with Crippen LogP contribution in [0.1, 0.15) is 25.1 Å². The fourth-order valence-electron chi connectivity index (χ4n) is 1.81. The predicted molar refractivity (Wildman–Crippen MR) is 78.5 cm³/mol. The molecule has 1 rings (SSSR count). The van der Waals surface area contributed by atoms with E-state index in [1.807, 2.05) is 0 Å². The number of aryl methyl sites for hydroxylation is 1. The average Bonchev–Trinajstić information content (AvgIpc) is 2.79. The topological polar surface area (TPSA) is 166 Å². The molecule has 0 aromatic carbocycles. The van der Waals surface area contributed by atoms with Crippen molar-refractivity contribution < 1.29 is 19.2 Å². The van der Waals surface area contributed by atoms with E-state index >= 15 is 0 Å². The van der Waals surface area contributed by atoms with Crippen LogP contribution in [0.4, 0.5) is 5.82 Å². The Morgan fingerprint density at radius 2 is 2.22 bits per heavy atom. The van der Waals surface area contributed by atoms with Crippen molar-refractivity contribution in [3.05, 3.63) is 22.1 Å². The normalized spacial score (nSPS) is 10.1. The number of imidazole rings is 1. The molecule has 1 aromatic heterocycles. The number of nitrogens with one attached hydrogen (secondary N) is 2. The number of hydrogen-bond acceptors (Lipinski definition) is 7. The second kappa shape index (κ2) is 8.46. The molecule has 0 unspecified atom stereocenters. The fourth-order valence-corrected chi connectivity index (χ4v) is 1.81. The molecule has 0 radical (unpaired) electrons. The zero-order valence-corrected chi connectivity index (χ0v) is 12.6. The van der Waals surface area contributed by atoms with Crippen molar-refractivity contribution in [1.82, 2.24) is 14.9 Å². The highest BCUT2D eigenvalue weighted by atomic mass is 16.6. The maximum atomic E-state index is 11.5. The van der Waals surface area contributed by atoms with Gasteiger partial charge in [-0.25, -0.2) is 9.55 Å². The lowest BCUT2D eigenvalue weighted by Gasteiger charge is -2.05. The summed E-state index contributed by atoms with van der Waals surface area (Å²) in [4.78, 5) is 36.8. The van der Waals surface area contributed by atoms with Crippen molar-refractivity contribution in [2.45, 2.75) is 32.7 Å². The van der Waals surface area contributed by atoms with Gasteiger partial charge in [0, 0.05) is 19.8 Å². The first-order valence-electron chi connectivity index (χ1n) is 6.77. The molecule has 1 amide bonds. The van der Waals surface area contributed by atoms with E-state index in [1.54, 1.807) is 6.92 Å². The molecule has 0 saturated carbocycles. The molecule has 0 aliphatic heterocycles. The van der Waals surface area contributed by atoms with Gasteiger partial charge in [0.1, 0.15) is 19.3 Å². The zero-order valence-electron chi connectivity index (χ0n) is 12.6. The molecule has 126 valence electrons. The van der Waals surface area contributed by atoms with Crippen LogP contribution < -0.4 is 11.1 Å². The van der Waals surface area contributed by atoms with Gasteiger partial charge in [-0.15, -0.1) is 0 Å². The number of esters is 1.